The Labute approximate surface area is 157 Å². The molecule has 1 fully saturated rings. The Morgan fingerprint density at radius 3 is 2.15 bits per heavy atom. The number of piperazine rings is 1. The van der Waals surface area contributed by atoms with E-state index in [-0.39, 0.29) is 42.7 Å². The third-order valence-corrected chi connectivity index (χ3v) is 7.25. The lowest BCUT2D eigenvalue weighted by atomic mass is 10.3. The molecule has 0 bridgehead atoms. The monoisotopic (exact) mass is 400 g/mol. The van der Waals surface area contributed by atoms with E-state index in [1.807, 2.05) is 0 Å². The summed E-state index contributed by atoms with van der Waals surface area (Å²) in [5.74, 6) is -0.284. The molecule has 1 aliphatic heterocycles. The molecule has 26 heavy (non-hydrogen) atoms. The molecule has 2 aromatic rings. The van der Waals surface area contributed by atoms with Crippen molar-refractivity contribution in [2.75, 3.05) is 26.2 Å². The number of aryl methyl sites for hydroxylation is 2. The smallest absolute Gasteiger partial charge is 0.276 e. The van der Waals surface area contributed by atoms with Crippen LogP contribution in [-0.2, 0) is 24.1 Å². The van der Waals surface area contributed by atoms with Gasteiger partial charge in [-0.2, -0.15) is 14.5 Å². The SMILES string of the molecule is Cc1c(S(=O)(=O)N2CCN(C(=O)c3nn(C)c(C)c3Cl)CC2)cnn1C. The topological polar surface area (TPSA) is 93.3 Å². The van der Waals surface area contributed by atoms with Gasteiger partial charge < -0.3 is 4.90 Å². The first kappa shape index (κ1) is 18.9. The van der Waals surface area contributed by atoms with E-state index >= 15 is 0 Å². The summed E-state index contributed by atoms with van der Waals surface area (Å²) in [5, 5.41) is 8.50. The predicted molar refractivity (Wildman–Crippen MR) is 95.6 cm³/mol. The van der Waals surface area contributed by atoms with Crippen LogP contribution in [0.3, 0.4) is 0 Å². The van der Waals surface area contributed by atoms with E-state index in [9.17, 15) is 13.2 Å². The minimum Gasteiger partial charge on any atom is -0.335 e. The number of halogens is 1. The van der Waals surface area contributed by atoms with Crippen LogP contribution in [0.1, 0.15) is 21.9 Å². The number of rotatable bonds is 3. The number of hydrogen-bond donors (Lipinski definition) is 0. The third kappa shape index (κ3) is 3.01. The highest BCUT2D eigenvalue weighted by atomic mass is 35.5. The molecule has 0 N–H and O–H groups in total. The molecule has 0 radical (unpaired) electrons. The number of carbonyl (C=O) groups excluding carboxylic acids is 1. The van der Waals surface area contributed by atoms with Crippen LogP contribution in [0.25, 0.3) is 0 Å². The second-order valence-electron chi connectivity index (χ2n) is 6.29. The molecule has 1 saturated heterocycles. The molecule has 1 amide bonds. The second-order valence-corrected chi connectivity index (χ2v) is 8.57. The zero-order valence-corrected chi connectivity index (χ0v) is 16.7. The van der Waals surface area contributed by atoms with Gasteiger partial charge in [0.25, 0.3) is 5.91 Å². The Hall–Kier alpha value is -1.91. The first-order valence-electron chi connectivity index (χ1n) is 8.11. The Morgan fingerprint density at radius 1 is 1.08 bits per heavy atom. The summed E-state index contributed by atoms with van der Waals surface area (Å²) in [4.78, 5) is 14.4. The molecular formula is C15H21ClN6O3S. The zero-order valence-electron chi connectivity index (χ0n) is 15.1. The van der Waals surface area contributed by atoms with Crippen molar-refractivity contribution in [3.05, 3.63) is 28.3 Å². The van der Waals surface area contributed by atoms with Gasteiger partial charge in [-0.05, 0) is 13.8 Å². The molecule has 0 atom stereocenters. The quantitative estimate of drug-likeness (QED) is 0.750. The molecule has 0 saturated carbocycles. The molecule has 9 nitrogen and oxygen atoms in total. The predicted octanol–water partition coefficient (Wildman–Crippen LogP) is 0.571. The average molecular weight is 401 g/mol. The minimum absolute atomic E-state index is 0.197. The van der Waals surface area contributed by atoms with Crippen molar-refractivity contribution in [2.45, 2.75) is 18.7 Å². The number of aromatic nitrogens is 4. The normalized spacial score (nSPS) is 16.3. The van der Waals surface area contributed by atoms with E-state index in [1.54, 1.807) is 37.5 Å². The number of sulfonamides is 1. The molecule has 142 valence electrons. The van der Waals surface area contributed by atoms with E-state index in [2.05, 4.69) is 10.2 Å². The van der Waals surface area contributed by atoms with Crippen LogP contribution >= 0.6 is 11.6 Å². The Kier molecular flexibility index (Phi) is 4.84. The fourth-order valence-corrected chi connectivity index (χ4v) is 4.72. The van der Waals surface area contributed by atoms with Gasteiger partial charge in [-0.1, -0.05) is 11.6 Å². The number of amides is 1. The Morgan fingerprint density at radius 2 is 1.69 bits per heavy atom. The average Bonchev–Trinajstić information content (AvgIpc) is 3.09. The number of nitrogens with zero attached hydrogens (tertiary/aromatic N) is 6. The fourth-order valence-electron chi connectivity index (χ4n) is 2.87. The molecule has 0 unspecified atom stereocenters. The largest absolute Gasteiger partial charge is 0.335 e. The molecule has 2 aromatic heterocycles. The van der Waals surface area contributed by atoms with Crippen LogP contribution in [0.4, 0.5) is 0 Å². The maximum atomic E-state index is 12.8. The summed E-state index contributed by atoms with van der Waals surface area (Å²) in [7, 11) is -0.211. The van der Waals surface area contributed by atoms with Gasteiger partial charge in [0.15, 0.2) is 5.69 Å². The van der Waals surface area contributed by atoms with Gasteiger partial charge >= 0.3 is 0 Å². The molecule has 11 heteroatoms. The molecule has 3 rings (SSSR count). The summed E-state index contributed by atoms with van der Waals surface area (Å²) >= 11 is 6.18. The van der Waals surface area contributed by atoms with Gasteiger partial charge in [-0.3, -0.25) is 14.2 Å². The maximum absolute atomic E-state index is 12.8. The van der Waals surface area contributed by atoms with Crippen LogP contribution in [-0.4, -0.2) is 69.3 Å². The molecule has 0 spiro atoms. The van der Waals surface area contributed by atoms with E-state index in [0.717, 1.165) is 0 Å². The number of hydrogen-bond acceptors (Lipinski definition) is 5. The van der Waals surface area contributed by atoms with Crippen molar-refractivity contribution >= 4 is 27.5 Å². The van der Waals surface area contributed by atoms with Crippen LogP contribution in [0, 0.1) is 13.8 Å². The van der Waals surface area contributed by atoms with Crippen molar-refractivity contribution in [3.63, 3.8) is 0 Å². The maximum Gasteiger partial charge on any atom is 0.276 e. The third-order valence-electron chi connectivity index (χ3n) is 4.80. The molecule has 1 aliphatic rings. The highest BCUT2D eigenvalue weighted by molar-refractivity contribution is 7.89. The minimum atomic E-state index is -3.63. The van der Waals surface area contributed by atoms with Crippen molar-refractivity contribution in [1.82, 2.24) is 28.8 Å². The van der Waals surface area contributed by atoms with Gasteiger partial charge in [-0.15, -0.1) is 0 Å². The fraction of sp³-hybridized carbons (Fsp3) is 0.533. The molecule has 0 aromatic carbocycles. The first-order valence-corrected chi connectivity index (χ1v) is 9.93. The lowest BCUT2D eigenvalue weighted by Crippen LogP contribution is -2.50. The lowest BCUT2D eigenvalue weighted by Gasteiger charge is -2.33. The molecular weight excluding hydrogens is 380 g/mol. The number of carbonyl (C=O) groups is 1. The van der Waals surface area contributed by atoms with E-state index < -0.39 is 10.0 Å². The Bertz CT molecular complexity index is 956. The lowest BCUT2D eigenvalue weighted by molar-refractivity contribution is 0.0691. The van der Waals surface area contributed by atoms with Gasteiger partial charge in [-0.25, -0.2) is 8.42 Å². The van der Waals surface area contributed by atoms with Crippen molar-refractivity contribution in [2.24, 2.45) is 14.1 Å². The Balaban J connectivity index is 1.74. The summed E-state index contributed by atoms with van der Waals surface area (Å²) in [6, 6.07) is 0. The van der Waals surface area contributed by atoms with Crippen LogP contribution < -0.4 is 0 Å². The second kappa shape index (κ2) is 6.67. The summed E-state index contributed by atoms with van der Waals surface area (Å²) in [6.45, 7) is 4.49. The van der Waals surface area contributed by atoms with E-state index in [1.165, 1.54) is 15.2 Å². The zero-order chi connectivity index (χ0) is 19.2. The van der Waals surface area contributed by atoms with Crippen molar-refractivity contribution in [3.8, 4) is 0 Å². The van der Waals surface area contributed by atoms with Crippen LogP contribution in [0.15, 0.2) is 11.1 Å². The van der Waals surface area contributed by atoms with Crippen LogP contribution in [0.5, 0.6) is 0 Å². The summed E-state index contributed by atoms with van der Waals surface area (Å²) < 4.78 is 30.1. The van der Waals surface area contributed by atoms with Gasteiger partial charge in [0.2, 0.25) is 10.0 Å². The van der Waals surface area contributed by atoms with Gasteiger partial charge in [0.05, 0.1) is 22.6 Å². The molecule has 3 heterocycles. The van der Waals surface area contributed by atoms with Gasteiger partial charge in [0.1, 0.15) is 4.90 Å². The van der Waals surface area contributed by atoms with Crippen molar-refractivity contribution < 1.29 is 13.2 Å². The highest BCUT2D eigenvalue weighted by Gasteiger charge is 2.33. The van der Waals surface area contributed by atoms with Gasteiger partial charge in [0, 0.05) is 40.3 Å². The first-order chi connectivity index (χ1) is 12.1. The summed E-state index contributed by atoms with van der Waals surface area (Å²) in [6.07, 6.45) is 1.36. The van der Waals surface area contributed by atoms with E-state index in [0.29, 0.717) is 16.4 Å². The molecule has 0 aliphatic carbocycles. The van der Waals surface area contributed by atoms with Crippen molar-refractivity contribution in [1.29, 1.82) is 0 Å². The van der Waals surface area contributed by atoms with Crippen LogP contribution in [0.2, 0.25) is 5.02 Å². The summed E-state index contributed by atoms with van der Waals surface area (Å²) in [5.41, 5.74) is 1.49. The highest BCUT2D eigenvalue weighted by Crippen LogP contribution is 2.23. The standard InChI is InChI=1S/C15H21ClN6O3S/c1-10-12(9-17-19(10)3)26(24,25)22-7-5-21(6-8-22)15(23)14-13(16)11(2)20(4)18-14/h9H,5-8H2,1-4H3. The van der Waals surface area contributed by atoms with E-state index in [4.69, 9.17) is 11.6 Å².